The van der Waals surface area contributed by atoms with E-state index < -0.39 is 0 Å². The highest BCUT2D eigenvalue weighted by atomic mass is 16.3. The summed E-state index contributed by atoms with van der Waals surface area (Å²) in [5.41, 5.74) is 9.33. The van der Waals surface area contributed by atoms with Gasteiger partial charge < -0.3 is 4.42 Å². The third kappa shape index (κ3) is 5.20. The van der Waals surface area contributed by atoms with Gasteiger partial charge in [-0.3, -0.25) is 0 Å². The fraction of sp³-hybridized carbons (Fsp3) is 0. The van der Waals surface area contributed by atoms with Crippen LogP contribution in [-0.2, 0) is 0 Å². The monoisotopic (exact) mass is 846 g/mol. The molecule has 0 saturated carbocycles. The standard InChI is InChI=1S/C66H38O/c1-2-16-43-39(15-1)29-30-40-31-32-41(35-56(40)43)63-48-20-5-9-24-52(48)65(53-25-10-6-21-49(53)63)66-54-26-11-7-22-50(54)64(51-23-8-12-27-55(51)66)42-33-34-46-57(36-42)44-17-3-4-18-45(44)58-37-60-47-19-13-14-28-61(47)67-62(60)38-59(46)58/h1-38H. The minimum Gasteiger partial charge on any atom is -0.456 e. The van der Waals surface area contributed by atoms with Gasteiger partial charge in [0, 0.05) is 10.8 Å². The van der Waals surface area contributed by atoms with Crippen LogP contribution in [0.5, 0.6) is 0 Å². The molecule has 67 heavy (non-hydrogen) atoms. The molecule has 0 saturated heterocycles. The van der Waals surface area contributed by atoms with Gasteiger partial charge in [0.15, 0.2) is 0 Å². The molecule has 1 aromatic heterocycles. The second-order valence-corrected chi connectivity index (χ2v) is 18.2. The maximum absolute atomic E-state index is 6.47. The zero-order valence-corrected chi connectivity index (χ0v) is 36.3. The van der Waals surface area contributed by atoms with Crippen molar-refractivity contribution in [2.24, 2.45) is 0 Å². The van der Waals surface area contributed by atoms with Crippen molar-refractivity contribution in [2.75, 3.05) is 0 Å². The molecule has 0 aliphatic heterocycles. The Hall–Kier alpha value is -8.78. The summed E-state index contributed by atoms with van der Waals surface area (Å²) < 4.78 is 6.47. The van der Waals surface area contributed by atoms with E-state index in [1.807, 2.05) is 6.07 Å². The van der Waals surface area contributed by atoms with Crippen LogP contribution in [0.3, 0.4) is 0 Å². The van der Waals surface area contributed by atoms with Crippen molar-refractivity contribution in [1.29, 1.82) is 0 Å². The first kappa shape index (κ1) is 36.5. The van der Waals surface area contributed by atoms with Crippen LogP contribution in [0.2, 0.25) is 0 Å². The van der Waals surface area contributed by atoms with Gasteiger partial charge >= 0.3 is 0 Å². The van der Waals surface area contributed by atoms with Crippen molar-refractivity contribution < 1.29 is 4.42 Å². The molecule has 0 amide bonds. The van der Waals surface area contributed by atoms with Gasteiger partial charge in [-0.2, -0.15) is 0 Å². The topological polar surface area (TPSA) is 13.1 Å². The fourth-order valence-electron chi connectivity index (χ4n) is 11.9. The average molecular weight is 847 g/mol. The van der Waals surface area contributed by atoms with Gasteiger partial charge in [-0.15, -0.1) is 0 Å². The summed E-state index contributed by atoms with van der Waals surface area (Å²) in [5.74, 6) is 0. The molecular weight excluding hydrogens is 809 g/mol. The average Bonchev–Trinajstić information content (AvgIpc) is 3.76. The van der Waals surface area contributed by atoms with Gasteiger partial charge in [0.05, 0.1) is 0 Å². The smallest absolute Gasteiger partial charge is 0.136 e. The number of hydrogen-bond donors (Lipinski definition) is 0. The molecule has 0 spiro atoms. The molecule has 0 aliphatic rings. The molecule has 0 fully saturated rings. The van der Waals surface area contributed by atoms with Crippen LogP contribution >= 0.6 is 0 Å². The normalized spacial score (nSPS) is 12.2. The second kappa shape index (κ2) is 13.9. The van der Waals surface area contributed by atoms with E-state index in [1.165, 1.54) is 130 Å². The molecule has 0 aliphatic carbocycles. The summed E-state index contributed by atoms with van der Waals surface area (Å²) in [7, 11) is 0. The van der Waals surface area contributed by atoms with Gasteiger partial charge in [0.1, 0.15) is 11.2 Å². The summed E-state index contributed by atoms with van der Waals surface area (Å²) in [6.45, 7) is 0. The lowest BCUT2D eigenvalue weighted by molar-refractivity contribution is 0.669. The Morgan fingerprint density at radius 1 is 0.179 bits per heavy atom. The zero-order valence-electron chi connectivity index (χ0n) is 36.3. The molecule has 14 aromatic carbocycles. The van der Waals surface area contributed by atoms with Crippen LogP contribution in [0.4, 0.5) is 0 Å². The number of fused-ring (bicyclic) bond motifs is 16. The summed E-state index contributed by atoms with van der Waals surface area (Å²) in [6, 6.07) is 85.6. The highest BCUT2D eigenvalue weighted by molar-refractivity contribution is 6.32. The summed E-state index contributed by atoms with van der Waals surface area (Å²) in [6.07, 6.45) is 0. The van der Waals surface area contributed by atoms with Crippen molar-refractivity contribution in [3.63, 3.8) is 0 Å². The van der Waals surface area contributed by atoms with E-state index in [1.54, 1.807) is 0 Å². The van der Waals surface area contributed by atoms with Gasteiger partial charge in [-0.25, -0.2) is 0 Å². The third-order valence-electron chi connectivity index (χ3n) is 14.8. The third-order valence-corrected chi connectivity index (χ3v) is 14.8. The number of furan rings is 1. The van der Waals surface area contributed by atoms with Crippen molar-refractivity contribution in [1.82, 2.24) is 0 Å². The van der Waals surface area contributed by atoms with Crippen LogP contribution < -0.4 is 0 Å². The van der Waals surface area contributed by atoms with Crippen molar-refractivity contribution in [3.8, 4) is 33.4 Å². The Morgan fingerprint density at radius 3 is 1.09 bits per heavy atom. The number of hydrogen-bond acceptors (Lipinski definition) is 1. The first-order valence-electron chi connectivity index (χ1n) is 23.2. The van der Waals surface area contributed by atoms with E-state index >= 15 is 0 Å². The van der Waals surface area contributed by atoms with E-state index in [9.17, 15) is 0 Å². The summed E-state index contributed by atoms with van der Waals surface area (Å²) in [4.78, 5) is 0. The Kier molecular flexibility index (Phi) is 7.56. The molecule has 0 bridgehead atoms. The van der Waals surface area contributed by atoms with Gasteiger partial charge in [-0.1, -0.05) is 200 Å². The lowest BCUT2D eigenvalue weighted by Gasteiger charge is -2.22. The van der Waals surface area contributed by atoms with Crippen molar-refractivity contribution in [2.45, 2.75) is 0 Å². The SMILES string of the molecule is c1ccc2c(c1)ccc1ccc(-c3c4ccccc4c(-c4c5ccccc5c(-c5ccc6c(c5)c5ccccc5c5cc7c(cc65)oc5ccccc57)c5ccccc45)c4ccccc34)cc12. The quantitative estimate of drug-likeness (QED) is 0.128. The number of para-hydroxylation sites is 1. The van der Waals surface area contributed by atoms with Gasteiger partial charge in [-0.05, 0) is 161 Å². The largest absolute Gasteiger partial charge is 0.456 e. The highest BCUT2D eigenvalue weighted by Crippen LogP contribution is 2.51. The second-order valence-electron chi connectivity index (χ2n) is 18.2. The molecular formula is C66H38O. The Morgan fingerprint density at radius 2 is 0.537 bits per heavy atom. The zero-order chi connectivity index (χ0) is 43.7. The molecule has 1 heteroatoms. The maximum atomic E-state index is 6.47. The molecule has 1 heterocycles. The predicted octanol–water partition coefficient (Wildman–Crippen LogP) is 19.0. The highest BCUT2D eigenvalue weighted by Gasteiger charge is 2.23. The first-order valence-corrected chi connectivity index (χ1v) is 23.2. The summed E-state index contributed by atoms with van der Waals surface area (Å²) in [5, 5.41) is 24.8. The molecule has 0 radical (unpaired) electrons. The van der Waals surface area contributed by atoms with Crippen LogP contribution in [0.25, 0.3) is 152 Å². The minimum atomic E-state index is 0.917. The van der Waals surface area contributed by atoms with E-state index in [0.717, 1.165) is 21.9 Å². The van der Waals surface area contributed by atoms with Gasteiger partial charge in [0.2, 0.25) is 0 Å². The Bertz CT molecular complexity index is 4510. The van der Waals surface area contributed by atoms with E-state index in [0.29, 0.717) is 0 Å². The summed E-state index contributed by atoms with van der Waals surface area (Å²) >= 11 is 0. The van der Waals surface area contributed by atoms with Crippen molar-refractivity contribution >= 4 is 119 Å². The lowest BCUT2D eigenvalue weighted by atomic mass is 9.80. The maximum Gasteiger partial charge on any atom is 0.136 e. The number of benzene rings is 14. The molecule has 0 N–H and O–H groups in total. The molecule has 0 atom stereocenters. The molecule has 1 nitrogen and oxygen atoms in total. The lowest BCUT2D eigenvalue weighted by Crippen LogP contribution is -1.95. The fourth-order valence-corrected chi connectivity index (χ4v) is 11.9. The minimum absolute atomic E-state index is 0.917. The van der Waals surface area contributed by atoms with Crippen LogP contribution in [-0.4, -0.2) is 0 Å². The molecule has 15 aromatic rings. The van der Waals surface area contributed by atoms with E-state index in [-0.39, 0.29) is 0 Å². The van der Waals surface area contributed by atoms with Crippen molar-refractivity contribution in [3.05, 3.63) is 231 Å². The Balaban J connectivity index is 1.01. The Labute approximate surface area is 385 Å². The van der Waals surface area contributed by atoms with Crippen LogP contribution in [0, 0.1) is 0 Å². The molecule has 15 rings (SSSR count). The molecule has 308 valence electrons. The van der Waals surface area contributed by atoms with Gasteiger partial charge in [0.25, 0.3) is 0 Å². The van der Waals surface area contributed by atoms with E-state index in [2.05, 4.69) is 224 Å². The predicted molar refractivity (Wildman–Crippen MR) is 288 cm³/mol. The number of rotatable bonds is 3. The van der Waals surface area contributed by atoms with Crippen LogP contribution in [0.15, 0.2) is 235 Å². The van der Waals surface area contributed by atoms with E-state index in [4.69, 9.17) is 4.42 Å². The van der Waals surface area contributed by atoms with Crippen LogP contribution in [0.1, 0.15) is 0 Å². The molecule has 0 unspecified atom stereocenters. The first-order chi connectivity index (χ1) is 33.2.